The van der Waals surface area contributed by atoms with Crippen molar-refractivity contribution < 1.29 is 9.78 Å². The highest BCUT2D eigenvalue weighted by Crippen LogP contribution is 2.23. The van der Waals surface area contributed by atoms with Gasteiger partial charge < -0.3 is 4.89 Å². The summed E-state index contributed by atoms with van der Waals surface area (Å²) in [7, 11) is 0. The first-order valence-corrected chi connectivity index (χ1v) is 4.18. The first kappa shape index (κ1) is 8.56. The molecule has 1 rings (SSSR count). The van der Waals surface area contributed by atoms with Gasteiger partial charge >= 0.3 is 0 Å². The lowest BCUT2D eigenvalue weighted by Gasteiger charge is -2.03. The van der Waals surface area contributed by atoms with Gasteiger partial charge in [0, 0.05) is 0 Å². The molecular weight excluding hydrogens is 208 g/mol. The van der Waals surface area contributed by atoms with Gasteiger partial charge in [-0.25, -0.2) is 0 Å². The number of para-hydroxylation sites is 1. The van der Waals surface area contributed by atoms with E-state index in [9.17, 15) is 0 Å². The Bertz CT molecular complexity index is 225. The zero-order valence-electron chi connectivity index (χ0n) is 6.21. The van der Waals surface area contributed by atoms with Gasteiger partial charge in [-0.1, -0.05) is 12.1 Å². The Morgan fingerprint density at radius 1 is 1.36 bits per heavy atom. The van der Waals surface area contributed by atoms with Crippen LogP contribution in [0.2, 0.25) is 0 Å². The van der Waals surface area contributed by atoms with Crippen LogP contribution in [0.4, 0.5) is 0 Å². The van der Waals surface area contributed by atoms with Crippen LogP contribution in [0.15, 0.2) is 28.7 Å². The van der Waals surface area contributed by atoms with Gasteiger partial charge in [-0.15, -0.1) is 0 Å². The second-order valence-corrected chi connectivity index (χ2v) is 2.77. The second kappa shape index (κ2) is 4.36. The van der Waals surface area contributed by atoms with Gasteiger partial charge in [-0.2, -0.15) is 4.89 Å². The molecule has 0 atom stereocenters. The van der Waals surface area contributed by atoms with Crippen LogP contribution in [0.5, 0.6) is 5.75 Å². The molecule has 0 aliphatic rings. The Kier molecular flexibility index (Phi) is 3.39. The van der Waals surface area contributed by atoms with Crippen molar-refractivity contribution in [2.24, 2.45) is 0 Å². The number of hydrogen-bond acceptors (Lipinski definition) is 2. The summed E-state index contributed by atoms with van der Waals surface area (Å²) in [5.41, 5.74) is 0. The van der Waals surface area contributed by atoms with Crippen molar-refractivity contribution >= 4 is 15.9 Å². The Morgan fingerprint density at radius 2 is 2.09 bits per heavy atom. The molecule has 3 heteroatoms. The average molecular weight is 217 g/mol. The topological polar surface area (TPSA) is 18.5 Å². The highest BCUT2D eigenvalue weighted by Gasteiger charge is 1.97. The van der Waals surface area contributed by atoms with Gasteiger partial charge in [0.15, 0.2) is 5.75 Å². The fourth-order valence-corrected chi connectivity index (χ4v) is 0.986. The van der Waals surface area contributed by atoms with Crippen molar-refractivity contribution in [3.63, 3.8) is 0 Å². The summed E-state index contributed by atoms with van der Waals surface area (Å²) >= 11 is 3.32. The number of halogens is 1. The van der Waals surface area contributed by atoms with E-state index in [1.165, 1.54) is 0 Å². The lowest BCUT2D eigenvalue weighted by molar-refractivity contribution is -0.202. The third-order valence-electron chi connectivity index (χ3n) is 1.10. The van der Waals surface area contributed by atoms with Crippen LogP contribution in [0, 0.1) is 0 Å². The van der Waals surface area contributed by atoms with E-state index in [1.807, 2.05) is 31.2 Å². The minimum Gasteiger partial charge on any atom is -0.336 e. The highest BCUT2D eigenvalue weighted by atomic mass is 79.9. The smallest absolute Gasteiger partial charge is 0.179 e. The van der Waals surface area contributed by atoms with Crippen LogP contribution in [0.3, 0.4) is 0 Å². The van der Waals surface area contributed by atoms with Gasteiger partial charge in [-0.05, 0) is 35.0 Å². The van der Waals surface area contributed by atoms with E-state index in [4.69, 9.17) is 9.78 Å². The molecule has 0 heterocycles. The molecule has 0 fully saturated rings. The van der Waals surface area contributed by atoms with E-state index in [0.29, 0.717) is 12.4 Å². The molecule has 0 bridgehead atoms. The first-order chi connectivity index (χ1) is 5.34. The van der Waals surface area contributed by atoms with Crippen molar-refractivity contribution in [3.8, 4) is 5.75 Å². The lowest BCUT2D eigenvalue weighted by atomic mass is 10.3. The maximum atomic E-state index is 4.94. The Labute approximate surface area is 74.2 Å². The fourth-order valence-electron chi connectivity index (χ4n) is 0.635. The number of benzene rings is 1. The van der Waals surface area contributed by atoms with E-state index >= 15 is 0 Å². The quantitative estimate of drug-likeness (QED) is 0.572. The zero-order valence-corrected chi connectivity index (χ0v) is 7.80. The van der Waals surface area contributed by atoms with Crippen molar-refractivity contribution in [3.05, 3.63) is 28.7 Å². The number of rotatable bonds is 3. The van der Waals surface area contributed by atoms with Crippen LogP contribution in [-0.2, 0) is 4.89 Å². The molecule has 2 nitrogen and oxygen atoms in total. The molecule has 0 unspecified atom stereocenters. The SMILES string of the molecule is CCOOc1ccccc1Br. The summed E-state index contributed by atoms with van der Waals surface area (Å²) in [4.78, 5) is 9.71. The molecule has 1 aromatic rings. The largest absolute Gasteiger partial charge is 0.336 e. The lowest BCUT2D eigenvalue weighted by Crippen LogP contribution is -1.95. The summed E-state index contributed by atoms with van der Waals surface area (Å²) in [6.45, 7) is 2.41. The normalized spacial score (nSPS) is 9.64. The molecule has 11 heavy (non-hydrogen) atoms. The molecule has 0 N–H and O–H groups in total. The van der Waals surface area contributed by atoms with E-state index in [1.54, 1.807) is 0 Å². The summed E-state index contributed by atoms with van der Waals surface area (Å²) in [5.74, 6) is 0.703. The van der Waals surface area contributed by atoms with Crippen LogP contribution in [0.1, 0.15) is 6.92 Å². The van der Waals surface area contributed by atoms with Gasteiger partial charge in [0.1, 0.15) is 0 Å². The predicted molar refractivity (Wildman–Crippen MR) is 46.4 cm³/mol. The van der Waals surface area contributed by atoms with Crippen LogP contribution in [0.25, 0.3) is 0 Å². The molecule has 0 aliphatic heterocycles. The molecule has 0 aliphatic carbocycles. The van der Waals surface area contributed by atoms with E-state index in [2.05, 4.69) is 15.9 Å². The Balaban J connectivity index is 2.62. The van der Waals surface area contributed by atoms with Crippen molar-refractivity contribution in [2.45, 2.75) is 6.92 Å². The van der Waals surface area contributed by atoms with Gasteiger partial charge in [0.25, 0.3) is 0 Å². The summed E-state index contributed by atoms with van der Waals surface area (Å²) in [6, 6.07) is 7.54. The van der Waals surface area contributed by atoms with Gasteiger partial charge in [0.05, 0.1) is 11.1 Å². The van der Waals surface area contributed by atoms with Crippen LogP contribution in [-0.4, -0.2) is 6.61 Å². The average Bonchev–Trinajstić information content (AvgIpc) is 2.03. The van der Waals surface area contributed by atoms with E-state index < -0.39 is 0 Å². The second-order valence-electron chi connectivity index (χ2n) is 1.92. The molecule has 0 spiro atoms. The molecule has 0 aromatic heterocycles. The molecule has 0 saturated carbocycles. The van der Waals surface area contributed by atoms with E-state index in [0.717, 1.165) is 4.47 Å². The third kappa shape index (κ3) is 2.52. The zero-order chi connectivity index (χ0) is 8.10. The monoisotopic (exact) mass is 216 g/mol. The standard InChI is InChI=1S/C8H9BrO2/c1-2-10-11-8-6-4-3-5-7(8)9/h3-6H,2H2,1H3. The third-order valence-corrected chi connectivity index (χ3v) is 1.76. The first-order valence-electron chi connectivity index (χ1n) is 3.38. The maximum Gasteiger partial charge on any atom is 0.179 e. The molecular formula is C8H9BrO2. The Hall–Kier alpha value is -0.540. The molecule has 1 aromatic carbocycles. The molecule has 0 radical (unpaired) electrons. The molecule has 0 saturated heterocycles. The van der Waals surface area contributed by atoms with Crippen LogP contribution < -0.4 is 4.89 Å². The Morgan fingerprint density at radius 3 is 2.73 bits per heavy atom. The van der Waals surface area contributed by atoms with Gasteiger partial charge in [0.2, 0.25) is 0 Å². The highest BCUT2D eigenvalue weighted by molar-refractivity contribution is 9.10. The minimum atomic E-state index is 0.543. The molecule has 60 valence electrons. The minimum absolute atomic E-state index is 0.543. The predicted octanol–water partition coefficient (Wildman–Crippen LogP) is 2.78. The maximum absolute atomic E-state index is 4.94. The van der Waals surface area contributed by atoms with Crippen molar-refractivity contribution in [2.75, 3.05) is 6.61 Å². The van der Waals surface area contributed by atoms with E-state index in [-0.39, 0.29) is 0 Å². The van der Waals surface area contributed by atoms with Crippen molar-refractivity contribution in [1.82, 2.24) is 0 Å². The summed E-state index contributed by atoms with van der Waals surface area (Å²) in [5, 5.41) is 0. The van der Waals surface area contributed by atoms with Crippen LogP contribution >= 0.6 is 15.9 Å². The summed E-state index contributed by atoms with van der Waals surface area (Å²) in [6.07, 6.45) is 0. The van der Waals surface area contributed by atoms with Crippen molar-refractivity contribution in [1.29, 1.82) is 0 Å². The fraction of sp³-hybridized carbons (Fsp3) is 0.250. The molecule has 0 amide bonds. The summed E-state index contributed by atoms with van der Waals surface area (Å²) < 4.78 is 0.897. The van der Waals surface area contributed by atoms with Gasteiger partial charge in [-0.3, -0.25) is 0 Å². The number of hydrogen-bond donors (Lipinski definition) is 0.